The van der Waals surface area contributed by atoms with Crippen molar-refractivity contribution in [3.63, 3.8) is 0 Å². The summed E-state index contributed by atoms with van der Waals surface area (Å²) in [6.07, 6.45) is -0.935. The Hall–Kier alpha value is -2.23. The molecule has 1 N–H and O–H groups in total. The summed E-state index contributed by atoms with van der Waals surface area (Å²) in [6.45, 7) is 0. The average Bonchev–Trinajstić information content (AvgIpc) is 2.68. The topological polar surface area (TPSA) is 29.5 Å². The summed E-state index contributed by atoms with van der Waals surface area (Å²) in [6, 6.07) is 28.4. The first kappa shape index (κ1) is 16.2. The lowest BCUT2D eigenvalue weighted by atomic mass is 9.94. The molecule has 0 bridgehead atoms. The Balaban J connectivity index is 1.63. The molecule has 0 amide bonds. The molecule has 3 atom stereocenters. The monoisotopic (exact) mass is 348 g/mol. The Bertz CT molecular complexity index is 820. The lowest BCUT2D eigenvalue weighted by molar-refractivity contribution is 0.0186. The quantitative estimate of drug-likeness (QED) is 0.706. The summed E-state index contributed by atoms with van der Waals surface area (Å²) in [7, 11) is 0. The molecular weight excluding hydrogens is 328 g/mol. The molecule has 3 aromatic rings. The molecule has 0 spiro atoms. The zero-order chi connectivity index (χ0) is 17.1. The fourth-order valence-electron chi connectivity index (χ4n) is 3.23. The largest absolute Gasteiger partial charge is 0.483 e. The van der Waals surface area contributed by atoms with E-state index in [-0.39, 0.29) is 11.4 Å². The van der Waals surface area contributed by atoms with Gasteiger partial charge >= 0.3 is 0 Å². The number of hydrogen-bond acceptors (Lipinski definition) is 3. The third kappa shape index (κ3) is 3.44. The molecule has 25 heavy (non-hydrogen) atoms. The van der Waals surface area contributed by atoms with Gasteiger partial charge in [-0.3, -0.25) is 0 Å². The minimum absolute atomic E-state index is 0.0182. The number of ether oxygens (including phenoxy) is 1. The second-order valence-corrected chi connectivity index (χ2v) is 7.32. The molecule has 4 rings (SSSR count). The van der Waals surface area contributed by atoms with Crippen molar-refractivity contribution >= 4 is 11.8 Å². The van der Waals surface area contributed by atoms with Gasteiger partial charge in [0.2, 0.25) is 0 Å². The van der Waals surface area contributed by atoms with Gasteiger partial charge in [-0.05, 0) is 17.2 Å². The Labute approximate surface area is 152 Å². The van der Waals surface area contributed by atoms with E-state index in [1.807, 2.05) is 54.6 Å². The number of para-hydroxylation sites is 1. The van der Waals surface area contributed by atoms with Gasteiger partial charge < -0.3 is 9.84 Å². The number of rotatable bonds is 4. The van der Waals surface area contributed by atoms with Crippen LogP contribution in [0.2, 0.25) is 0 Å². The van der Waals surface area contributed by atoms with Crippen LogP contribution in [0.4, 0.5) is 0 Å². The minimum atomic E-state index is -0.592. The molecule has 3 aromatic carbocycles. The van der Waals surface area contributed by atoms with Gasteiger partial charge in [-0.1, -0.05) is 78.9 Å². The number of fused-ring (bicyclic) bond motifs is 1. The summed E-state index contributed by atoms with van der Waals surface area (Å²) in [5, 5.41) is 11.0. The van der Waals surface area contributed by atoms with Crippen LogP contribution in [0, 0.1) is 0 Å². The second kappa shape index (κ2) is 7.34. The highest BCUT2D eigenvalue weighted by atomic mass is 32.2. The van der Waals surface area contributed by atoms with Crippen LogP contribution in [0.5, 0.6) is 5.75 Å². The van der Waals surface area contributed by atoms with Gasteiger partial charge in [0.25, 0.3) is 0 Å². The fourth-order valence-corrected chi connectivity index (χ4v) is 4.51. The number of aliphatic hydroxyl groups excluding tert-OH is 1. The Morgan fingerprint density at radius 2 is 1.44 bits per heavy atom. The van der Waals surface area contributed by atoms with E-state index in [9.17, 15) is 5.11 Å². The third-order valence-electron chi connectivity index (χ3n) is 4.50. The van der Waals surface area contributed by atoms with E-state index in [1.54, 1.807) is 11.8 Å². The molecule has 0 fully saturated rings. The fraction of sp³-hybridized carbons (Fsp3) is 0.182. The van der Waals surface area contributed by atoms with E-state index >= 15 is 0 Å². The lowest BCUT2D eigenvalue weighted by Crippen LogP contribution is -2.33. The molecule has 1 heterocycles. The Kier molecular flexibility index (Phi) is 4.77. The van der Waals surface area contributed by atoms with Crippen molar-refractivity contribution < 1.29 is 9.84 Å². The highest BCUT2D eigenvalue weighted by Crippen LogP contribution is 2.48. The predicted octanol–water partition coefficient (Wildman–Crippen LogP) is 5.16. The molecule has 1 aliphatic rings. The molecule has 0 saturated heterocycles. The SMILES string of the molecule is OC1C(c2ccccc2)Oc2ccccc2C1SCc1ccccc1. The van der Waals surface area contributed by atoms with E-state index in [4.69, 9.17) is 4.74 Å². The third-order valence-corrected chi connectivity index (χ3v) is 5.89. The summed E-state index contributed by atoms with van der Waals surface area (Å²) in [5.41, 5.74) is 3.35. The van der Waals surface area contributed by atoms with Gasteiger partial charge in [-0.25, -0.2) is 0 Å². The number of hydrogen-bond donors (Lipinski definition) is 1. The van der Waals surface area contributed by atoms with Crippen LogP contribution in [-0.4, -0.2) is 11.2 Å². The molecule has 3 unspecified atom stereocenters. The zero-order valence-corrected chi connectivity index (χ0v) is 14.6. The normalized spacial score (nSPS) is 22.0. The van der Waals surface area contributed by atoms with Crippen LogP contribution >= 0.6 is 11.8 Å². The molecule has 3 heteroatoms. The van der Waals surface area contributed by atoms with Crippen LogP contribution < -0.4 is 4.74 Å². The van der Waals surface area contributed by atoms with Crippen LogP contribution in [0.1, 0.15) is 28.0 Å². The van der Waals surface area contributed by atoms with E-state index in [1.165, 1.54) is 5.56 Å². The molecule has 0 saturated carbocycles. The first-order chi connectivity index (χ1) is 12.3. The summed E-state index contributed by atoms with van der Waals surface area (Å²) >= 11 is 1.77. The molecule has 126 valence electrons. The van der Waals surface area contributed by atoms with Crippen molar-refractivity contribution in [1.82, 2.24) is 0 Å². The van der Waals surface area contributed by atoms with Crippen LogP contribution in [0.25, 0.3) is 0 Å². The molecule has 0 radical (unpaired) electrons. The van der Waals surface area contributed by atoms with E-state index in [2.05, 4.69) is 30.3 Å². The van der Waals surface area contributed by atoms with Gasteiger partial charge in [-0.15, -0.1) is 11.8 Å². The number of benzene rings is 3. The number of aliphatic hydroxyl groups is 1. The summed E-state index contributed by atoms with van der Waals surface area (Å²) in [5.74, 6) is 1.73. The van der Waals surface area contributed by atoms with Gasteiger partial charge in [0.1, 0.15) is 11.9 Å². The molecule has 1 aliphatic heterocycles. The van der Waals surface area contributed by atoms with Gasteiger partial charge in [0.05, 0.1) is 5.25 Å². The first-order valence-corrected chi connectivity index (χ1v) is 9.52. The van der Waals surface area contributed by atoms with Crippen molar-refractivity contribution in [2.24, 2.45) is 0 Å². The lowest BCUT2D eigenvalue weighted by Gasteiger charge is -2.36. The van der Waals surface area contributed by atoms with E-state index < -0.39 is 6.10 Å². The van der Waals surface area contributed by atoms with Gasteiger partial charge in [0, 0.05) is 11.3 Å². The van der Waals surface area contributed by atoms with Crippen molar-refractivity contribution in [2.45, 2.75) is 23.2 Å². The Morgan fingerprint density at radius 1 is 0.800 bits per heavy atom. The average molecular weight is 348 g/mol. The van der Waals surface area contributed by atoms with Crippen molar-refractivity contribution in [1.29, 1.82) is 0 Å². The maximum atomic E-state index is 11.1. The van der Waals surface area contributed by atoms with Crippen LogP contribution in [0.15, 0.2) is 84.9 Å². The highest BCUT2D eigenvalue weighted by molar-refractivity contribution is 7.98. The van der Waals surface area contributed by atoms with Crippen molar-refractivity contribution in [2.75, 3.05) is 0 Å². The second-order valence-electron chi connectivity index (χ2n) is 6.19. The molecule has 0 aliphatic carbocycles. The smallest absolute Gasteiger partial charge is 0.151 e. The summed E-state index contributed by atoms with van der Waals surface area (Å²) in [4.78, 5) is 0. The maximum Gasteiger partial charge on any atom is 0.151 e. The van der Waals surface area contributed by atoms with Gasteiger partial charge in [-0.2, -0.15) is 0 Å². The van der Waals surface area contributed by atoms with E-state index in [0.29, 0.717) is 0 Å². The maximum absolute atomic E-state index is 11.1. The molecule has 0 aromatic heterocycles. The van der Waals surface area contributed by atoms with Crippen molar-refractivity contribution in [3.05, 3.63) is 102 Å². The molecular formula is C22H20O2S. The van der Waals surface area contributed by atoms with Gasteiger partial charge in [0.15, 0.2) is 6.10 Å². The standard InChI is InChI=1S/C22H20O2S/c23-20-21(17-11-5-2-6-12-17)24-19-14-8-7-13-18(19)22(20)25-15-16-9-3-1-4-10-16/h1-14,20-23H,15H2. The van der Waals surface area contributed by atoms with Crippen LogP contribution in [-0.2, 0) is 5.75 Å². The minimum Gasteiger partial charge on any atom is -0.483 e. The zero-order valence-electron chi connectivity index (χ0n) is 13.8. The Morgan fingerprint density at radius 3 is 2.20 bits per heavy atom. The highest BCUT2D eigenvalue weighted by Gasteiger charge is 2.38. The first-order valence-electron chi connectivity index (χ1n) is 8.47. The predicted molar refractivity (Wildman–Crippen MR) is 103 cm³/mol. The summed E-state index contributed by atoms with van der Waals surface area (Å²) < 4.78 is 6.15. The molecule has 2 nitrogen and oxygen atoms in total. The van der Waals surface area contributed by atoms with E-state index in [0.717, 1.165) is 22.6 Å². The number of thioether (sulfide) groups is 1. The van der Waals surface area contributed by atoms with Crippen LogP contribution in [0.3, 0.4) is 0 Å². The van der Waals surface area contributed by atoms with Crippen molar-refractivity contribution in [3.8, 4) is 5.75 Å².